The third-order valence-corrected chi connectivity index (χ3v) is 6.02. The molecule has 140 valence electrons. The lowest BCUT2D eigenvalue weighted by atomic mass is 10.1. The SMILES string of the molecule is Cc1ccc(NC(=O)CN(C)S(=O)(=O)c2ccc3ccccc3c2)c(O)c1. The number of amides is 1. The van der Waals surface area contributed by atoms with Crippen LogP contribution in [0.5, 0.6) is 5.75 Å². The summed E-state index contributed by atoms with van der Waals surface area (Å²) in [6, 6.07) is 17.1. The Morgan fingerprint density at radius 3 is 2.44 bits per heavy atom. The number of sulfonamides is 1. The fourth-order valence-corrected chi connectivity index (χ4v) is 3.90. The van der Waals surface area contributed by atoms with E-state index in [1.54, 1.807) is 24.3 Å². The molecule has 7 heteroatoms. The molecule has 0 saturated carbocycles. The van der Waals surface area contributed by atoms with Crippen molar-refractivity contribution in [1.82, 2.24) is 4.31 Å². The van der Waals surface area contributed by atoms with Gasteiger partial charge in [-0.1, -0.05) is 36.4 Å². The number of hydrogen-bond acceptors (Lipinski definition) is 4. The van der Waals surface area contributed by atoms with Crippen LogP contribution in [0.25, 0.3) is 10.8 Å². The van der Waals surface area contributed by atoms with Crippen LogP contribution in [-0.4, -0.2) is 37.3 Å². The molecule has 3 aromatic carbocycles. The molecule has 1 amide bonds. The zero-order valence-corrected chi connectivity index (χ0v) is 15.8. The maximum absolute atomic E-state index is 12.8. The zero-order valence-electron chi connectivity index (χ0n) is 15.0. The van der Waals surface area contributed by atoms with Gasteiger partial charge in [0.05, 0.1) is 17.1 Å². The maximum Gasteiger partial charge on any atom is 0.243 e. The van der Waals surface area contributed by atoms with Gasteiger partial charge in [-0.25, -0.2) is 8.42 Å². The highest BCUT2D eigenvalue weighted by Crippen LogP contribution is 2.24. The molecule has 0 bridgehead atoms. The van der Waals surface area contributed by atoms with Crippen molar-refractivity contribution in [1.29, 1.82) is 0 Å². The first-order valence-electron chi connectivity index (χ1n) is 8.32. The Morgan fingerprint density at radius 1 is 1.04 bits per heavy atom. The van der Waals surface area contributed by atoms with Gasteiger partial charge in [0.1, 0.15) is 5.75 Å². The third kappa shape index (κ3) is 4.10. The highest BCUT2D eigenvalue weighted by atomic mass is 32.2. The van der Waals surface area contributed by atoms with Crippen molar-refractivity contribution in [3.05, 3.63) is 66.2 Å². The van der Waals surface area contributed by atoms with E-state index in [1.165, 1.54) is 19.2 Å². The number of phenolic OH excluding ortho intramolecular Hbond substituents is 1. The van der Waals surface area contributed by atoms with Gasteiger partial charge in [0.25, 0.3) is 0 Å². The summed E-state index contributed by atoms with van der Waals surface area (Å²) in [5, 5.41) is 14.1. The molecule has 0 aliphatic carbocycles. The van der Waals surface area contributed by atoms with E-state index in [1.807, 2.05) is 31.2 Å². The van der Waals surface area contributed by atoms with Gasteiger partial charge in [-0.2, -0.15) is 4.31 Å². The number of anilines is 1. The van der Waals surface area contributed by atoms with Crippen LogP contribution in [0.4, 0.5) is 5.69 Å². The van der Waals surface area contributed by atoms with E-state index >= 15 is 0 Å². The first-order chi connectivity index (χ1) is 12.8. The summed E-state index contributed by atoms with van der Waals surface area (Å²) in [5.41, 5.74) is 1.09. The number of aryl methyl sites for hydroxylation is 1. The van der Waals surface area contributed by atoms with Gasteiger partial charge in [-0.15, -0.1) is 0 Å². The van der Waals surface area contributed by atoms with Gasteiger partial charge in [0.2, 0.25) is 15.9 Å². The van der Waals surface area contributed by atoms with E-state index in [0.717, 1.165) is 20.6 Å². The summed E-state index contributed by atoms with van der Waals surface area (Å²) >= 11 is 0. The molecule has 3 rings (SSSR count). The first kappa shape index (κ1) is 18.9. The minimum absolute atomic E-state index is 0.0663. The Hall–Kier alpha value is -2.90. The van der Waals surface area contributed by atoms with Crippen molar-refractivity contribution in [2.45, 2.75) is 11.8 Å². The molecule has 0 aromatic heterocycles. The number of carbonyl (C=O) groups is 1. The highest BCUT2D eigenvalue weighted by molar-refractivity contribution is 7.89. The standard InChI is InChI=1S/C20H20N2O4S/c1-14-7-10-18(19(23)11-14)21-20(24)13-22(2)27(25,26)17-9-8-15-5-3-4-6-16(15)12-17/h3-12,23H,13H2,1-2H3,(H,21,24). The number of aromatic hydroxyl groups is 1. The summed E-state index contributed by atoms with van der Waals surface area (Å²) in [4.78, 5) is 12.3. The molecule has 0 unspecified atom stereocenters. The van der Waals surface area contributed by atoms with Crippen LogP contribution >= 0.6 is 0 Å². The van der Waals surface area contributed by atoms with Crippen LogP contribution < -0.4 is 5.32 Å². The second-order valence-corrected chi connectivity index (χ2v) is 8.38. The zero-order chi connectivity index (χ0) is 19.6. The molecule has 2 N–H and O–H groups in total. The van der Waals surface area contributed by atoms with Gasteiger partial charge in [-0.05, 0) is 47.5 Å². The van der Waals surface area contributed by atoms with Crippen LogP contribution in [0.2, 0.25) is 0 Å². The maximum atomic E-state index is 12.8. The minimum Gasteiger partial charge on any atom is -0.506 e. The van der Waals surface area contributed by atoms with Gasteiger partial charge >= 0.3 is 0 Å². The van der Waals surface area contributed by atoms with Crippen LogP contribution in [0.3, 0.4) is 0 Å². The Labute approximate surface area is 158 Å². The minimum atomic E-state index is -3.82. The number of benzene rings is 3. The number of hydrogen-bond donors (Lipinski definition) is 2. The summed E-state index contributed by atoms with van der Waals surface area (Å²) in [5.74, 6) is -0.607. The third-order valence-electron chi connectivity index (χ3n) is 4.22. The van der Waals surface area contributed by atoms with E-state index in [-0.39, 0.29) is 22.9 Å². The van der Waals surface area contributed by atoms with E-state index in [0.29, 0.717) is 0 Å². The van der Waals surface area contributed by atoms with Crippen LogP contribution in [0.15, 0.2) is 65.6 Å². The summed E-state index contributed by atoms with van der Waals surface area (Å²) in [6.45, 7) is 1.44. The number of rotatable bonds is 5. The van der Waals surface area contributed by atoms with Crippen molar-refractivity contribution in [3.63, 3.8) is 0 Å². The molecule has 3 aromatic rings. The fourth-order valence-electron chi connectivity index (χ4n) is 2.73. The second-order valence-electron chi connectivity index (χ2n) is 6.34. The summed E-state index contributed by atoms with van der Waals surface area (Å²) in [7, 11) is -2.48. The topological polar surface area (TPSA) is 86.7 Å². The molecule has 0 spiro atoms. The number of carbonyl (C=O) groups excluding carboxylic acids is 1. The predicted molar refractivity (Wildman–Crippen MR) is 105 cm³/mol. The van der Waals surface area contributed by atoms with E-state index in [9.17, 15) is 18.3 Å². The Morgan fingerprint density at radius 2 is 1.74 bits per heavy atom. The molecule has 0 radical (unpaired) electrons. The van der Waals surface area contributed by atoms with Crippen molar-refractivity contribution >= 4 is 32.4 Å². The molecule has 27 heavy (non-hydrogen) atoms. The summed E-state index contributed by atoms with van der Waals surface area (Å²) < 4.78 is 26.5. The Balaban J connectivity index is 1.76. The quantitative estimate of drug-likeness (QED) is 0.662. The van der Waals surface area contributed by atoms with Gasteiger partial charge < -0.3 is 10.4 Å². The normalized spacial score (nSPS) is 11.7. The van der Waals surface area contributed by atoms with E-state index < -0.39 is 15.9 Å². The second kappa shape index (κ2) is 7.38. The van der Waals surface area contributed by atoms with Crippen LogP contribution in [0.1, 0.15) is 5.56 Å². The highest BCUT2D eigenvalue weighted by Gasteiger charge is 2.23. The predicted octanol–water partition coefficient (Wildman–Crippen LogP) is 3.11. The molecule has 0 saturated heterocycles. The largest absolute Gasteiger partial charge is 0.506 e. The lowest BCUT2D eigenvalue weighted by Gasteiger charge is -2.17. The summed E-state index contributed by atoms with van der Waals surface area (Å²) in [6.07, 6.45) is 0. The molecular formula is C20H20N2O4S. The monoisotopic (exact) mass is 384 g/mol. The van der Waals surface area contributed by atoms with Crippen molar-refractivity contribution in [2.24, 2.45) is 0 Å². The Bertz CT molecular complexity index is 1110. The average molecular weight is 384 g/mol. The molecule has 0 heterocycles. The van der Waals surface area contributed by atoms with Crippen molar-refractivity contribution < 1.29 is 18.3 Å². The van der Waals surface area contributed by atoms with Crippen LogP contribution in [0, 0.1) is 6.92 Å². The molecular weight excluding hydrogens is 364 g/mol. The van der Waals surface area contributed by atoms with Gasteiger partial charge in [-0.3, -0.25) is 4.79 Å². The molecule has 0 atom stereocenters. The number of likely N-dealkylation sites (N-methyl/N-ethyl adjacent to an activating group) is 1. The fraction of sp³-hybridized carbons (Fsp3) is 0.150. The van der Waals surface area contributed by atoms with E-state index in [4.69, 9.17) is 0 Å². The average Bonchev–Trinajstić information content (AvgIpc) is 2.63. The molecule has 0 aliphatic heterocycles. The van der Waals surface area contributed by atoms with Crippen molar-refractivity contribution in [2.75, 3.05) is 18.9 Å². The van der Waals surface area contributed by atoms with E-state index in [2.05, 4.69) is 5.32 Å². The number of phenols is 1. The number of nitrogens with one attached hydrogen (secondary N) is 1. The van der Waals surface area contributed by atoms with Crippen LogP contribution in [-0.2, 0) is 14.8 Å². The smallest absolute Gasteiger partial charge is 0.243 e. The molecule has 0 fully saturated rings. The van der Waals surface area contributed by atoms with Gasteiger partial charge in [0, 0.05) is 7.05 Å². The number of nitrogens with zero attached hydrogens (tertiary/aromatic N) is 1. The Kier molecular flexibility index (Phi) is 5.16. The molecule has 6 nitrogen and oxygen atoms in total. The first-order valence-corrected chi connectivity index (χ1v) is 9.76. The number of fused-ring (bicyclic) bond motifs is 1. The molecule has 0 aliphatic rings. The lowest BCUT2D eigenvalue weighted by Crippen LogP contribution is -2.35. The van der Waals surface area contributed by atoms with Crippen molar-refractivity contribution in [3.8, 4) is 5.75 Å². The van der Waals surface area contributed by atoms with Gasteiger partial charge in [0.15, 0.2) is 0 Å². The lowest BCUT2D eigenvalue weighted by molar-refractivity contribution is -0.116.